The third-order valence-corrected chi connectivity index (χ3v) is 7.48. The first-order valence-corrected chi connectivity index (χ1v) is 12.6. The molecule has 7 heteroatoms. The first-order valence-electron chi connectivity index (χ1n) is 12.3. The highest BCUT2D eigenvalue weighted by Crippen LogP contribution is 2.42. The van der Waals surface area contributed by atoms with Gasteiger partial charge in [0.25, 0.3) is 6.01 Å². The highest BCUT2D eigenvalue weighted by molar-refractivity contribution is 6.32. The third kappa shape index (κ3) is 5.71. The van der Waals surface area contributed by atoms with Crippen LogP contribution in [-0.4, -0.2) is 39.4 Å². The van der Waals surface area contributed by atoms with Crippen LogP contribution in [0.4, 0.5) is 0 Å². The Morgan fingerprint density at radius 1 is 1.34 bits per heavy atom. The molecule has 0 saturated heterocycles. The maximum atomic E-state index is 11.2. The lowest BCUT2D eigenvalue weighted by Crippen LogP contribution is -2.19. The fourth-order valence-corrected chi connectivity index (χ4v) is 5.05. The molecule has 1 aromatic carbocycles. The predicted molar refractivity (Wildman–Crippen MR) is 139 cm³/mol. The number of ether oxygens (including phenoxy) is 1. The molecule has 2 aromatic rings. The number of nitrogens with zero attached hydrogens (tertiary/aromatic N) is 1. The number of nitrogens with one attached hydrogen (secondary N) is 1. The number of carboxylic acid groups (broad SMARTS) is 1. The van der Waals surface area contributed by atoms with Crippen molar-refractivity contribution in [2.45, 2.75) is 51.9 Å². The normalized spacial score (nSPS) is 22.7. The number of aromatic nitrogens is 2. The first kappa shape index (κ1) is 25.3. The van der Waals surface area contributed by atoms with Crippen molar-refractivity contribution >= 4 is 28.6 Å². The van der Waals surface area contributed by atoms with E-state index < -0.39 is 5.97 Å². The standard InChI is InChI=1S/C28H33ClN2O4/c1-3-19(26(33)34)5-4-14-35-27-30-24-15-22(23(29)16-25(24)31-27)20-6-8-21(9-7-20)28(2)12-10-18(17-32)11-13-28/h6,8-12,15-16,19-20,32H,3-5,7,13-14,17H2,1-2H3,(H,30,31)(H,33,34). The van der Waals surface area contributed by atoms with Gasteiger partial charge < -0.3 is 19.9 Å². The van der Waals surface area contributed by atoms with Crippen LogP contribution in [0.3, 0.4) is 0 Å². The van der Waals surface area contributed by atoms with Gasteiger partial charge in [-0.2, -0.15) is 4.98 Å². The Labute approximate surface area is 211 Å². The zero-order chi connectivity index (χ0) is 25.0. The number of hydrogen-bond donors (Lipinski definition) is 3. The van der Waals surface area contributed by atoms with Crippen LogP contribution in [0.2, 0.25) is 5.02 Å². The van der Waals surface area contributed by atoms with Gasteiger partial charge in [-0.1, -0.05) is 61.9 Å². The molecular weight excluding hydrogens is 464 g/mol. The highest BCUT2D eigenvalue weighted by Gasteiger charge is 2.28. The van der Waals surface area contributed by atoms with E-state index in [1.165, 1.54) is 5.57 Å². The summed E-state index contributed by atoms with van der Waals surface area (Å²) in [5.74, 6) is -0.917. The lowest BCUT2D eigenvalue weighted by atomic mass is 9.73. The van der Waals surface area contributed by atoms with Crippen LogP contribution >= 0.6 is 11.6 Å². The number of H-pyrrole nitrogens is 1. The molecular formula is C28H33ClN2O4. The molecule has 3 unspecified atom stereocenters. The van der Waals surface area contributed by atoms with Crippen molar-refractivity contribution in [1.82, 2.24) is 9.97 Å². The lowest BCUT2D eigenvalue weighted by Gasteiger charge is -2.32. The summed E-state index contributed by atoms with van der Waals surface area (Å²) in [6.07, 6.45) is 16.6. The zero-order valence-corrected chi connectivity index (χ0v) is 21.0. The van der Waals surface area contributed by atoms with Crippen LogP contribution in [0.25, 0.3) is 11.0 Å². The summed E-state index contributed by atoms with van der Waals surface area (Å²) in [7, 11) is 0. The number of aromatic amines is 1. The van der Waals surface area contributed by atoms with Crippen molar-refractivity contribution in [3.63, 3.8) is 0 Å². The van der Waals surface area contributed by atoms with Crippen LogP contribution in [0.5, 0.6) is 6.01 Å². The van der Waals surface area contributed by atoms with E-state index in [1.807, 2.05) is 25.1 Å². The minimum absolute atomic E-state index is 0.0644. The summed E-state index contributed by atoms with van der Waals surface area (Å²) in [6.45, 7) is 4.59. The average molecular weight is 497 g/mol. The van der Waals surface area contributed by atoms with E-state index in [4.69, 9.17) is 21.4 Å². The second-order valence-electron chi connectivity index (χ2n) is 9.62. The number of carboxylic acids is 1. The molecule has 3 atom stereocenters. The highest BCUT2D eigenvalue weighted by atomic mass is 35.5. The Kier molecular flexibility index (Phi) is 7.82. The van der Waals surface area contributed by atoms with Crippen molar-refractivity contribution in [2.24, 2.45) is 11.3 Å². The van der Waals surface area contributed by atoms with Gasteiger partial charge in [-0.3, -0.25) is 4.79 Å². The van der Waals surface area contributed by atoms with Gasteiger partial charge >= 0.3 is 5.97 Å². The van der Waals surface area contributed by atoms with Gasteiger partial charge in [0.05, 0.1) is 30.2 Å². The van der Waals surface area contributed by atoms with Gasteiger partial charge in [0.15, 0.2) is 0 Å². The van der Waals surface area contributed by atoms with Crippen molar-refractivity contribution in [2.75, 3.05) is 13.2 Å². The fourth-order valence-electron chi connectivity index (χ4n) is 4.75. The monoisotopic (exact) mass is 496 g/mol. The minimum atomic E-state index is -0.755. The van der Waals surface area contributed by atoms with Crippen LogP contribution in [-0.2, 0) is 4.79 Å². The van der Waals surface area contributed by atoms with Crippen molar-refractivity contribution in [3.05, 3.63) is 70.3 Å². The van der Waals surface area contributed by atoms with E-state index in [0.29, 0.717) is 36.9 Å². The largest absolute Gasteiger partial charge is 0.481 e. The molecule has 0 amide bonds. The van der Waals surface area contributed by atoms with Gasteiger partial charge in [0.2, 0.25) is 0 Å². The van der Waals surface area contributed by atoms with E-state index in [1.54, 1.807) is 0 Å². The number of aliphatic hydroxyl groups is 1. The second-order valence-corrected chi connectivity index (χ2v) is 10.0. The van der Waals surface area contributed by atoms with Crippen LogP contribution in [0.15, 0.2) is 59.7 Å². The minimum Gasteiger partial charge on any atom is -0.481 e. The number of halogens is 1. The number of allylic oxidation sites excluding steroid dienone is 6. The summed E-state index contributed by atoms with van der Waals surface area (Å²) < 4.78 is 5.75. The van der Waals surface area contributed by atoms with E-state index in [2.05, 4.69) is 47.3 Å². The molecule has 2 aliphatic rings. The number of aliphatic hydroxyl groups excluding tert-OH is 1. The molecule has 0 bridgehead atoms. The number of imidazole rings is 1. The lowest BCUT2D eigenvalue weighted by molar-refractivity contribution is -0.142. The maximum absolute atomic E-state index is 11.2. The number of hydrogen-bond acceptors (Lipinski definition) is 4. The van der Waals surface area contributed by atoms with Gasteiger partial charge in [-0.15, -0.1) is 0 Å². The maximum Gasteiger partial charge on any atom is 0.306 e. The first-order chi connectivity index (χ1) is 16.8. The van der Waals surface area contributed by atoms with Gasteiger partial charge in [0, 0.05) is 16.4 Å². The summed E-state index contributed by atoms with van der Waals surface area (Å²) in [5, 5.41) is 19.2. The molecule has 0 fully saturated rings. The molecule has 2 aliphatic carbocycles. The quantitative estimate of drug-likeness (QED) is 0.333. The molecule has 4 rings (SSSR count). The van der Waals surface area contributed by atoms with Crippen molar-refractivity contribution < 1.29 is 19.7 Å². The fraction of sp³-hybridized carbons (Fsp3) is 0.429. The smallest absolute Gasteiger partial charge is 0.306 e. The molecule has 1 heterocycles. The van der Waals surface area contributed by atoms with Gasteiger partial charge in [-0.25, -0.2) is 0 Å². The van der Waals surface area contributed by atoms with Crippen molar-refractivity contribution in [3.8, 4) is 6.01 Å². The third-order valence-electron chi connectivity index (χ3n) is 7.15. The van der Waals surface area contributed by atoms with Crippen LogP contribution in [0, 0.1) is 11.3 Å². The molecule has 3 N–H and O–H groups in total. The molecule has 35 heavy (non-hydrogen) atoms. The molecule has 186 valence electrons. The molecule has 0 spiro atoms. The number of aliphatic carboxylic acids is 1. The SMILES string of the molecule is CCC(CCCOc1nc2cc(Cl)c(C3C=CC(C4(C)C=CC(CO)=CC4)=CC3)cc2[nH]1)C(=O)O. The Balaban J connectivity index is 1.40. The molecule has 0 radical (unpaired) electrons. The van der Waals surface area contributed by atoms with Crippen LogP contribution < -0.4 is 4.74 Å². The Hall–Kier alpha value is -2.83. The second kappa shape index (κ2) is 10.8. The van der Waals surface area contributed by atoms with Gasteiger partial charge in [0.1, 0.15) is 0 Å². The molecule has 0 aliphatic heterocycles. The molecule has 0 saturated carbocycles. The summed E-state index contributed by atoms with van der Waals surface area (Å²) in [5.41, 5.74) is 4.83. The summed E-state index contributed by atoms with van der Waals surface area (Å²) in [6, 6.07) is 4.33. The number of rotatable bonds is 10. The number of carbonyl (C=O) groups is 1. The van der Waals surface area contributed by atoms with Crippen molar-refractivity contribution in [1.29, 1.82) is 0 Å². The Morgan fingerprint density at radius 2 is 2.17 bits per heavy atom. The zero-order valence-electron chi connectivity index (χ0n) is 20.3. The number of fused-ring (bicyclic) bond motifs is 1. The summed E-state index contributed by atoms with van der Waals surface area (Å²) in [4.78, 5) is 18.9. The van der Waals surface area contributed by atoms with E-state index in [9.17, 15) is 9.90 Å². The van der Waals surface area contributed by atoms with E-state index in [0.717, 1.165) is 35.0 Å². The van der Waals surface area contributed by atoms with Gasteiger partial charge in [-0.05, 0) is 60.9 Å². The van der Waals surface area contributed by atoms with E-state index >= 15 is 0 Å². The molecule has 1 aromatic heterocycles. The average Bonchev–Trinajstić information content (AvgIpc) is 3.25. The summed E-state index contributed by atoms with van der Waals surface area (Å²) >= 11 is 6.65. The predicted octanol–water partition coefficient (Wildman–Crippen LogP) is 6.34. The van der Waals surface area contributed by atoms with E-state index in [-0.39, 0.29) is 23.9 Å². The Morgan fingerprint density at radius 3 is 2.80 bits per heavy atom. The van der Waals surface area contributed by atoms with Crippen LogP contribution in [0.1, 0.15) is 57.4 Å². The Bertz CT molecular complexity index is 1210. The molecule has 6 nitrogen and oxygen atoms in total. The number of benzene rings is 1. The topological polar surface area (TPSA) is 95.4 Å².